The molecule has 1 aliphatic heterocycles. The highest BCUT2D eigenvalue weighted by atomic mass is 15.2. The van der Waals surface area contributed by atoms with Crippen molar-refractivity contribution in [2.75, 3.05) is 6.54 Å². The summed E-state index contributed by atoms with van der Waals surface area (Å²) in [7, 11) is 0. The van der Waals surface area contributed by atoms with E-state index < -0.39 is 0 Å². The molecule has 3 fully saturated rings. The second kappa shape index (κ2) is 4.98. The van der Waals surface area contributed by atoms with Gasteiger partial charge in [0.15, 0.2) is 0 Å². The van der Waals surface area contributed by atoms with Crippen molar-refractivity contribution < 1.29 is 0 Å². The maximum Gasteiger partial charge on any atom is 0.0672 e. The highest BCUT2D eigenvalue weighted by Gasteiger charge is 2.41. The molecule has 2 aliphatic carbocycles. The minimum atomic E-state index is 0.324. The van der Waals surface area contributed by atoms with Crippen LogP contribution < -0.4 is 0 Å². The van der Waals surface area contributed by atoms with Crippen molar-refractivity contribution in [2.45, 2.75) is 69.9 Å². The lowest BCUT2D eigenvalue weighted by Crippen LogP contribution is -2.46. The zero-order chi connectivity index (χ0) is 11.7. The van der Waals surface area contributed by atoms with Gasteiger partial charge in [0.1, 0.15) is 0 Å². The van der Waals surface area contributed by atoms with Crippen LogP contribution in [0.4, 0.5) is 0 Å². The van der Waals surface area contributed by atoms with Crippen molar-refractivity contribution in [3.63, 3.8) is 0 Å². The van der Waals surface area contributed by atoms with Gasteiger partial charge in [-0.1, -0.05) is 25.7 Å². The lowest BCUT2D eigenvalue weighted by Gasteiger charge is -2.40. The molecule has 0 bridgehead atoms. The van der Waals surface area contributed by atoms with Gasteiger partial charge in [-0.2, -0.15) is 5.26 Å². The average molecular weight is 232 g/mol. The van der Waals surface area contributed by atoms with Crippen molar-refractivity contribution in [3.8, 4) is 6.07 Å². The van der Waals surface area contributed by atoms with Crippen molar-refractivity contribution >= 4 is 0 Å². The van der Waals surface area contributed by atoms with Crippen LogP contribution in [0.5, 0.6) is 0 Å². The molecule has 2 saturated carbocycles. The Morgan fingerprint density at radius 2 is 1.53 bits per heavy atom. The number of fused-ring (bicyclic) bond motifs is 1. The zero-order valence-corrected chi connectivity index (χ0v) is 10.8. The van der Waals surface area contributed by atoms with Gasteiger partial charge in [0.05, 0.1) is 12.0 Å². The first-order chi connectivity index (χ1) is 8.40. The first-order valence-electron chi connectivity index (χ1n) is 7.55. The van der Waals surface area contributed by atoms with E-state index in [0.29, 0.717) is 12.0 Å². The first kappa shape index (κ1) is 11.5. The van der Waals surface area contributed by atoms with Gasteiger partial charge >= 0.3 is 0 Å². The molecule has 0 radical (unpaired) electrons. The van der Waals surface area contributed by atoms with Gasteiger partial charge in [-0.3, -0.25) is 4.90 Å². The summed E-state index contributed by atoms with van der Waals surface area (Å²) in [5, 5.41) is 9.34. The van der Waals surface area contributed by atoms with E-state index in [-0.39, 0.29) is 0 Å². The second-order valence-electron chi connectivity index (χ2n) is 6.23. The number of hydrogen-bond acceptors (Lipinski definition) is 2. The summed E-state index contributed by atoms with van der Waals surface area (Å²) in [6.45, 7) is 1.28. The van der Waals surface area contributed by atoms with E-state index in [0.717, 1.165) is 18.4 Å². The third kappa shape index (κ3) is 2.10. The van der Waals surface area contributed by atoms with E-state index in [4.69, 9.17) is 0 Å². The van der Waals surface area contributed by atoms with E-state index in [1.165, 1.54) is 57.9 Å². The predicted molar refractivity (Wildman–Crippen MR) is 68.4 cm³/mol. The molecule has 2 nitrogen and oxygen atoms in total. The minimum absolute atomic E-state index is 0.324. The summed E-state index contributed by atoms with van der Waals surface area (Å²) < 4.78 is 0. The molecule has 0 amide bonds. The first-order valence-corrected chi connectivity index (χ1v) is 7.55. The lowest BCUT2D eigenvalue weighted by atomic mass is 9.81. The van der Waals surface area contributed by atoms with E-state index in [2.05, 4.69) is 11.0 Å². The summed E-state index contributed by atoms with van der Waals surface area (Å²) in [6.07, 6.45) is 12.2. The second-order valence-corrected chi connectivity index (χ2v) is 6.23. The number of likely N-dealkylation sites (tertiary alicyclic amines) is 1. The maximum absolute atomic E-state index is 9.34. The Labute approximate surface area is 105 Å². The smallest absolute Gasteiger partial charge is 0.0672 e. The van der Waals surface area contributed by atoms with Crippen LogP contribution in [0.2, 0.25) is 0 Å². The third-order valence-electron chi connectivity index (χ3n) is 5.37. The summed E-state index contributed by atoms with van der Waals surface area (Å²) in [5.74, 6) is 1.29. The maximum atomic E-state index is 9.34. The van der Waals surface area contributed by atoms with Gasteiger partial charge in [0.25, 0.3) is 0 Å². The molecule has 0 aromatic heterocycles. The molecule has 4 atom stereocenters. The Kier molecular flexibility index (Phi) is 3.38. The van der Waals surface area contributed by atoms with Crippen molar-refractivity contribution in [2.24, 2.45) is 11.8 Å². The Morgan fingerprint density at radius 3 is 2.35 bits per heavy atom. The van der Waals surface area contributed by atoms with Gasteiger partial charge in [0.2, 0.25) is 0 Å². The largest absolute Gasteiger partial charge is 0.296 e. The van der Waals surface area contributed by atoms with Crippen molar-refractivity contribution in [3.05, 3.63) is 0 Å². The summed E-state index contributed by atoms with van der Waals surface area (Å²) in [4.78, 5) is 2.75. The van der Waals surface area contributed by atoms with E-state index in [1.54, 1.807) is 0 Å². The van der Waals surface area contributed by atoms with Gasteiger partial charge in [0, 0.05) is 12.1 Å². The summed E-state index contributed by atoms with van der Waals surface area (Å²) in [6, 6.07) is 4.02. The molecule has 94 valence electrons. The number of nitriles is 1. The zero-order valence-electron chi connectivity index (χ0n) is 10.8. The molecular formula is C15H24N2. The average Bonchev–Trinajstić information content (AvgIpc) is 2.82. The molecule has 3 rings (SSSR count). The fraction of sp³-hybridized carbons (Fsp3) is 0.933. The Bertz CT molecular complexity index is 307. The summed E-state index contributed by atoms with van der Waals surface area (Å²) >= 11 is 0. The van der Waals surface area contributed by atoms with Crippen LogP contribution in [-0.4, -0.2) is 23.5 Å². The van der Waals surface area contributed by atoms with Crippen molar-refractivity contribution in [1.82, 2.24) is 4.90 Å². The molecule has 1 heterocycles. The summed E-state index contributed by atoms with van der Waals surface area (Å²) in [5.41, 5.74) is 0. The van der Waals surface area contributed by atoms with Crippen LogP contribution in [-0.2, 0) is 0 Å². The molecule has 4 unspecified atom stereocenters. The predicted octanol–water partition coefficient (Wildman–Crippen LogP) is 3.33. The Hall–Kier alpha value is -0.550. The normalized spacial score (nSPS) is 43.0. The topological polar surface area (TPSA) is 27.0 Å². The van der Waals surface area contributed by atoms with Crippen LogP contribution in [0.15, 0.2) is 0 Å². The minimum Gasteiger partial charge on any atom is -0.296 e. The van der Waals surface area contributed by atoms with Gasteiger partial charge in [-0.05, 0) is 44.6 Å². The molecule has 17 heavy (non-hydrogen) atoms. The van der Waals surface area contributed by atoms with E-state index in [9.17, 15) is 5.26 Å². The fourth-order valence-corrected chi connectivity index (χ4v) is 4.51. The molecular weight excluding hydrogens is 208 g/mol. The highest BCUT2D eigenvalue weighted by molar-refractivity contribution is 5.01. The molecule has 3 aliphatic rings. The molecule has 0 aromatic rings. The van der Waals surface area contributed by atoms with Gasteiger partial charge in [-0.25, -0.2) is 0 Å². The molecule has 0 N–H and O–H groups in total. The number of rotatable bonds is 1. The van der Waals surface area contributed by atoms with Crippen LogP contribution >= 0.6 is 0 Å². The van der Waals surface area contributed by atoms with E-state index >= 15 is 0 Å². The number of nitrogens with zero attached hydrogens (tertiary/aromatic N) is 2. The van der Waals surface area contributed by atoms with Crippen LogP contribution in [0, 0.1) is 23.2 Å². The Balaban J connectivity index is 1.72. The third-order valence-corrected chi connectivity index (χ3v) is 5.37. The number of hydrogen-bond donors (Lipinski definition) is 0. The standard InChI is InChI=1S/C15H24N2/c16-11-13-6-2-4-8-15(13)17-10-9-12-5-1-3-7-14(12)17/h12-15H,1-10H2. The molecule has 2 heteroatoms. The van der Waals surface area contributed by atoms with E-state index in [1.807, 2.05) is 0 Å². The molecule has 0 spiro atoms. The van der Waals surface area contributed by atoms with Gasteiger partial charge < -0.3 is 0 Å². The fourth-order valence-electron chi connectivity index (χ4n) is 4.51. The van der Waals surface area contributed by atoms with Crippen LogP contribution in [0.25, 0.3) is 0 Å². The van der Waals surface area contributed by atoms with Crippen LogP contribution in [0.1, 0.15) is 57.8 Å². The van der Waals surface area contributed by atoms with Gasteiger partial charge in [-0.15, -0.1) is 0 Å². The van der Waals surface area contributed by atoms with Crippen molar-refractivity contribution in [1.29, 1.82) is 5.26 Å². The molecule has 0 aromatic carbocycles. The Morgan fingerprint density at radius 1 is 0.824 bits per heavy atom. The lowest BCUT2D eigenvalue weighted by molar-refractivity contribution is 0.0857. The SMILES string of the molecule is N#CC1CCCCC1N1CCC2CCCCC21. The highest BCUT2D eigenvalue weighted by Crippen LogP contribution is 2.40. The molecule has 1 saturated heterocycles. The monoisotopic (exact) mass is 232 g/mol. The quantitative estimate of drug-likeness (QED) is 0.693. The van der Waals surface area contributed by atoms with Crippen LogP contribution in [0.3, 0.4) is 0 Å².